The summed E-state index contributed by atoms with van der Waals surface area (Å²) in [6, 6.07) is 7.50. The van der Waals surface area contributed by atoms with Crippen LogP contribution in [-0.4, -0.2) is 12.0 Å². The molecule has 1 aromatic heterocycles. The Balaban J connectivity index is 2.37. The number of halogens is 3. The molecule has 20 heavy (non-hydrogen) atoms. The summed E-state index contributed by atoms with van der Waals surface area (Å²) in [5.41, 5.74) is 0.981. The van der Waals surface area contributed by atoms with Gasteiger partial charge in [-0.25, -0.2) is 13.8 Å². The van der Waals surface area contributed by atoms with Gasteiger partial charge in [-0.15, -0.1) is 0 Å². The summed E-state index contributed by atoms with van der Waals surface area (Å²) in [5, 5.41) is 14.1. The largest absolute Gasteiger partial charge is 0.371 e. The summed E-state index contributed by atoms with van der Waals surface area (Å²) >= 11 is 3.27. The first-order valence-electron chi connectivity index (χ1n) is 5.55. The van der Waals surface area contributed by atoms with E-state index in [0.29, 0.717) is 15.7 Å². The second kappa shape index (κ2) is 5.84. The molecule has 2 rings (SSSR count). The summed E-state index contributed by atoms with van der Waals surface area (Å²) in [6.07, 6.45) is 0. The highest BCUT2D eigenvalue weighted by Gasteiger charge is 2.12. The molecule has 0 aliphatic heterocycles. The van der Waals surface area contributed by atoms with Crippen LogP contribution in [0.3, 0.4) is 0 Å². The maximum Gasteiger partial charge on any atom is 0.169 e. The van der Waals surface area contributed by atoms with Crippen molar-refractivity contribution in [1.29, 1.82) is 5.26 Å². The number of pyridine rings is 1. The normalized spacial score (nSPS) is 9.95. The summed E-state index contributed by atoms with van der Waals surface area (Å²) in [4.78, 5) is 3.81. The number of rotatable bonds is 3. The number of benzene rings is 1. The highest BCUT2D eigenvalue weighted by molar-refractivity contribution is 9.10. The predicted molar refractivity (Wildman–Crippen MR) is 75.8 cm³/mol. The average Bonchev–Trinajstić information content (AvgIpc) is 2.43. The number of nitriles is 1. The van der Waals surface area contributed by atoms with Crippen LogP contribution >= 0.6 is 15.9 Å². The monoisotopic (exact) mass is 338 g/mol. The molecule has 0 fully saturated rings. The second-order valence-corrected chi connectivity index (χ2v) is 4.68. The molecule has 2 aromatic rings. The lowest BCUT2D eigenvalue weighted by Crippen LogP contribution is -2.04. The molecule has 4 nitrogen and oxygen atoms in total. The van der Waals surface area contributed by atoms with Gasteiger partial charge in [0.25, 0.3) is 0 Å². The Morgan fingerprint density at radius 2 is 1.90 bits per heavy atom. The van der Waals surface area contributed by atoms with Crippen LogP contribution in [0.5, 0.6) is 0 Å². The zero-order valence-corrected chi connectivity index (χ0v) is 11.9. The molecule has 2 N–H and O–H groups in total. The van der Waals surface area contributed by atoms with Crippen molar-refractivity contribution in [3.63, 3.8) is 0 Å². The Hall–Kier alpha value is -2.20. The third-order valence-corrected chi connectivity index (χ3v) is 3.17. The van der Waals surface area contributed by atoms with Gasteiger partial charge in [-0.3, -0.25) is 0 Å². The molecule has 0 bridgehead atoms. The molecule has 0 saturated heterocycles. The van der Waals surface area contributed by atoms with E-state index >= 15 is 0 Å². The molecule has 1 aromatic carbocycles. The van der Waals surface area contributed by atoms with Gasteiger partial charge in [-0.2, -0.15) is 5.26 Å². The third kappa shape index (κ3) is 2.86. The number of hydrogen-bond donors (Lipinski definition) is 2. The number of nitrogens with one attached hydrogen (secondary N) is 2. The van der Waals surface area contributed by atoms with Gasteiger partial charge in [0.05, 0.1) is 17.3 Å². The van der Waals surface area contributed by atoms with Crippen molar-refractivity contribution >= 4 is 33.3 Å². The van der Waals surface area contributed by atoms with E-state index in [2.05, 4.69) is 31.5 Å². The number of anilines is 3. The van der Waals surface area contributed by atoms with Gasteiger partial charge in [0.2, 0.25) is 0 Å². The van der Waals surface area contributed by atoms with Gasteiger partial charge in [-0.05, 0) is 34.1 Å². The Morgan fingerprint density at radius 3 is 2.50 bits per heavy atom. The van der Waals surface area contributed by atoms with Crippen molar-refractivity contribution in [2.45, 2.75) is 0 Å². The zero-order valence-electron chi connectivity index (χ0n) is 10.3. The minimum atomic E-state index is -0.808. The maximum atomic E-state index is 13.7. The van der Waals surface area contributed by atoms with E-state index < -0.39 is 11.6 Å². The summed E-state index contributed by atoms with van der Waals surface area (Å²) in [6.45, 7) is 0. The van der Waals surface area contributed by atoms with Crippen LogP contribution in [0.15, 0.2) is 28.7 Å². The molecule has 0 aliphatic rings. The third-order valence-electron chi connectivity index (χ3n) is 2.52. The number of aromatic nitrogens is 1. The zero-order chi connectivity index (χ0) is 14.7. The molecular formula is C13H9BrF2N4. The lowest BCUT2D eigenvalue weighted by Gasteiger charge is -2.11. The SMILES string of the molecule is CNc1nc(Nc2ccc(C#N)cc2Br)c(F)cc1F. The first-order chi connectivity index (χ1) is 9.55. The molecular weight excluding hydrogens is 330 g/mol. The smallest absolute Gasteiger partial charge is 0.169 e. The van der Waals surface area contributed by atoms with E-state index in [9.17, 15) is 8.78 Å². The first-order valence-corrected chi connectivity index (χ1v) is 6.35. The lowest BCUT2D eigenvalue weighted by atomic mass is 10.2. The van der Waals surface area contributed by atoms with Gasteiger partial charge in [-0.1, -0.05) is 0 Å². The highest BCUT2D eigenvalue weighted by atomic mass is 79.9. The summed E-state index contributed by atoms with van der Waals surface area (Å²) < 4.78 is 27.6. The molecule has 0 aliphatic carbocycles. The van der Waals surface area contributed by atoms with Gasteiger partial charge in [0.15, 0.2) is 23.3 Å². The van der Waals surface area contributed by atoms with E-state index in [-0.39, 0.29) is 11.6 Å². The average molecular weight is 339 g/mol. The topological polar surface area (TPSA) is 60.7 Å². The van der Waals surface area contributed by atoms with Crippen molar-refractivity contribution in [1.82, 2.24) is 4.98 Å². The highest BCUT2D eigenvalue weighted by Crippen LogP contribution is 2.28. The number of hydrogen-bond acceptors (Lipinski definition) is 4. The minimum Gasteiger partial charge on any atom is -0.371 e. The molecule has 1 heterocycles. The van der Waals surface area contributed by atoms with Crippen molar-refractivity contribution in [2.24, 2.45) is 0 Å². The van der Waals surface area contributed by atoms with E-state index in [0.717, 1.165) is 6.07 Å². The quantitative estimate of drug-likeness (QED) is 0.894. The fourth-order valence-corrected chi connectivity index (χ4v) is 2.02. The van der Waals surface area contributed by atoms with Crippen LogP contribution in [-0.2, 0) is 0 Å². The first kappa shape index (κ1) is 14.2. The van der Waals surface area contributed by atoms with Gasteiger partial charge in [0.1, 0.15) is 0 Å². The van der Waals surface area contributed by atoms with E-state index in [4.69, 9.17) is 5.26 Å². The van der Waals surface area contributed by atoms with Crippen LogP contribution in [0.4, 0.5) is 26.1 Å². The number of nitrogens with zero attached hydrogens (tertiary/aromatic N) is 2. The van der Waals surface area contributed by atoms with Gasteiger partial charge < -0.3 is 10.6 Å². The van der Waals surface area contributed by atoms with Gasteiger partial charge >= 0.3 is 0 Å². The van der Waals surface area contributed by atoms with Gasteiger partial charge in [0, 0.05) is 17.6 Å². The predicted octanol–water partition coefficient (Wildman–Crippen LogP) is 3.78. The molecule has 102 valence electrons. The summed E-state index contributed by atoms with van der Waals surface area (Å²) in [5.74, 6) is -1.74. The van der Waals surface area contributed by atoms with E-state index in [1.807, 2.05) is 6.07 Å². The molecule has 0 amide bonds. The molecule has 0 saturated carbocycles. The van der Waals surface area contributed by atoms with Crippen LogP contribution in [0.25, 0.3) is 0 Å². The standard InChI is InChI=1S/C13H9BrF2N4/c1-18-12-9(15)5-10(16)13(20-12)19-11-3-2-7(6-17)4-8(11)14/h2-5H,1H3,(H2,18,19,20). The fraction of sp³-hybridized carbons (Fsp3) is 0.0769. The fourth-order valence-electron chi connectivity index (χ4n) is 1.54. The van der Waals surface area contributed by atoms with E-state index in [1.54, 1.807) is 18.2 Å². The molecule has 7 heteroatoms. The maximum absolute atomic E-state index is 13.7. The Morgan fingerprint density at radius 1 is 1.20 bits per heavy atom. The van der Waals surface area contributed by atoms with Crippen molar-refractivity contribution in [3.8, 4) is 6.07 Å². The second-order valence-electron chi connectivity index (χ2n) is 3.83. The minimum absolute atomic E-state index is 0.0568. The van der Waals surface area contributed by atoms with E-state index in [1.165, 1.54) is 7.05 Å². The molecule has 0 spiro atoms. The van der Waals surface area contributed by atoms with Crippen LogP contribution in [0.1, 0.15) is 5.56 Å². The van der Waals surface area contributed by atoms with Crippen LogP contribution < -0.4 is 10.6 Å². The summed E-state index contributed by atoms with van der Waals surface area (Å²) in [7, 11) is 1.49. The molecule has 0 unspecified atom stereocenters. The van der Waals surface area contributed by atoms with Crippen molar-refractivity contribution in [3.05, 3.63) is 45.9 Å². The van der Waals surface area contributed by atoms with Crippen molar-refractivity contribution < 1.29 is 8.78 Å². The molecule has 0 atom stereocenters. The molecule has 0 radical (unpaired) electrons. The van der Waals surface area contributed by atoms with Crippen molar-refractivity contribution in [2.75, 3.05) is 17.7 Å². The Bertz CT molecular complexity index is 698. The Labute approximate surface area is 122 Å². The van der Waals surface area contributed by atoms with Crippen LogP contribution in [0.2, 0.25) is 0 Å². The van der Waals surface area contributed by atoms with Crippen LogP contribution in [0, 0.1) is 23.0 Å². The Kier molecular flexibility index (Phi) is 4.15. The lowest BCUT2D eigenvalue weighted by molar-refractivity contribution is 0.580.